The standard InChI is InChI=1S/C19H19N3O2S/c1-14-7-8-18(17(11-14)12-20)21-15(2)22-9-10-25(23,24)19-6-4-3-5-16(19)13-22/h3-8,11H,9-10,13H2,1-2H3/b21-15+. The second-order valence-corrected chi connectivity index (χ2v) is 8.22. The lowest BCUT2D eigenvalue weighted by Gasteiger charge is -2.22. The highest BCUT2D eigenvalue weighted by Crippen LogP contribution is 2.24. The van der Waals surface area contributed by atoms with E-state index >= 15 is 0 Å². The van der Waals surface area contributed by atoms with Gasteiger partial charge in [0.1, 0.15) is 11.9 Å². The number of aliphatic imine (C=N–C) groups is 1. The normalized spacial score (nSPS) is 16.7. The van der Waals surface area contributed by atoms with Crippen molar-refractivity contribution in [1.29, 1.82) is 5.26 Å². The summed E-state index contributed by atoms with van der Waals surface area (Å²) in [4.78, 5) is 6.93. The van der Waals surface area contributed by atoms with Gasteiger partial charge in [-0.25, -0.2) is 13.4 Å². The lowest BCUT2D eigenvalue weighted by molar-refractivity contribution is 0.435. The molecular weight excluding hydrogens is 334 g/mol. The van der Waals surface area contributed by atoms with Gasteiger partial charge >= 0.3 is 0 Å². The molecule has 0 radical (unpaired) electrons. The number of sulfone groups is 1. The number of nitriles is 1. The minimum atomic E-state index is -3.29. The molecule has 0 saturated carbocycles. The summed E-state index contributed by atoms with van der Waals surface area (Å²) >= 11 is 0. The van der Waals surface area contributed by atoms with Crippen LogP contribution >= 0.6 is 0 Å². The maximum atomic E-state index is 12.4. The zero-order valence-corrected chi connectivity index (χ0v) is 15.0. The second kappa shape index (κ2) is 6.69. The van der Waals surface area contributed by atoms with Gasteiger partial charge in [0.15, 0.2) is 9.84 Å². The van der Waals surface area contributed by atoms with Crippen LogP contribution in [0.2, 0.25) is 0 Å². The number of aryl methyl sites for hydroxylation is 1. The summed E-state index contributed by atoms with van der Waals surface area (Å²) in [5.41, 5.74) is 2.90. The number of benzene rings is 2. The highest BCUT2D eigenvalue weighted by atomic mass is 32.2. The Morgan fingerprint density at radius 1 is 1.24 bits per heavy atom. The van der Waals surface area contributed by atoms with Crippen LogP contribution in [0.5, 0.6) is 0 Å². The number of amidine groups is 1. The number of nitrogens with zero attached hydrogens (tertiary/aromatic N) is 3. The van der Waals surface area contributed by atoms with Gasteiger partial charge in [-0.1, -0.05) is 24.3 Å². The fraction of sp³-hybridized carbons (Fsp3) is 0.263. The van der Waals surface area contributed by atoms with Crippen LogP contribution < -0.4 is 0 Å². The number of rotatable bonds is 1. The monoisotopic (exact) mass is 353 g/mol. The molecule has 0 spiro atoms. The smallest absolute Gasteiger partial charge is 0.180 e. The van der Waals surface area contributed by atoms with Crippen LogP contribution in [0, 0.1) is 18.3 Å². The van der Waals surface area contributed by atoms with Gasteiger partial charge in [-0.2, -0.15) is 5.26 Å². The highest BCUT2D eigenvalue weighted by Gasteiger charge is 2.25. The second-order valence-electron chi connectivity index (χ2n) is 6.14. The summed E-state index contributed by atoms with van der Waals surface area (Å²) in [6.07, 6.45) is 0. The molecule has 1 aliphatic heterocycles. The van der Waals surface area contributed by atoms with Crippen molar-refractivity contribution in [2.24, 2.45) is 4.99 Å². The van der Waals surface area contributed by atoms with E-state index < -0.39 is 9.84 Å². The maximum Gasteiger partial charge on any atom is 0.180 e. The fourth-order valence-electron chi connectivity index (χ4n) is 2.92. The van der Waals surface area contributed by atoms with E-state index in [-0.39, 0.29) is 5.75 Å². The van der Waals surface area contributed by atoms with Crippen LogP contribution in [0.15, 0.2) is 52.4 Å². The van der Waals surface area contributed by atoms with Crippen molar-refractivity contribution < 1.29 is 8.42 Å². The molecular formula is C19H19N3O2S. The summed E-state index contributed by atoms with van der Waals surface area (Å²) in [6.45, 7) is 4.64. The fourth-order valence-corrected chi connectivity index (χ4v) is 4.42. The van der Waals surface area contributed by atoms with E-state index in [4.69, 9.17) is 0 Å². The number of hydrogen-bond donors (Lipinski definition) is 0. The highest BCUT2D eigenvalue weighted by molar-refractivity contribution is 7.91. The molecule has 0 N–H and O–H groups in total. The van der Waals surface area contributed by atoms with Crippen molar-refractivity contribution in [2.45, 2.75) is 25.3 Å². The van der Waals surface area contributed by atoms with Crippen molar-refractivity contribution in [3.05, 3.63) is 59.2 Å². The van der Waals surface area contributed by atoms with E-state index in [2.05, 4.69) is 11.1 Å². The first kappa shape index (κ1) is 17.2. The lowest BCUT2D eigenvalue weighted by Crippen LogP contribution is -2.30. The van der Waals surface area contributed by atoms with Crippen LogP contribution in [-0.2, 0) is 16.4 Å². The zero-order valence-electron chi connectivity index (χ0n) is 14.2. The van der Waals surface area contributed by atoms with Crippen molar-refractivity contribution in [3.63, 3.8) is 0 Å². The molecule has 0 atom stereocenters. The topological polar surface area (TPSA) is 73.5 Å². The molecule has 0 fully saturated rings. The van der Waals surface area contributed by atoms with E-state index in [0.717, 1.165) is 11.1 Å². The van der Waals surface area contributed by atoms with E-state index in [1.54, 1.807) is 18.2 Å². The van der Waals surface area contributed by atoms with Crippen LogP contribution in [0.3, 0.4) is 0 Å². The molecule has 0 amide bonds. The predicted octanol–water partition coefficient (Wildman–Crippen LogP) is 3.21. The molecule has 1 heterocycles. The Bertz CT molecular complexity index is 988. The number of hydrogen-bond acceptors (Lipinski definition) is 4. The van der Waals surface area contributed by atoms with E-state index in [1.807, 2.05) is 43.0 Å². The minimum Gasteiger partial charge on any atom is -0.355 e. The summed E-state index contributed by atoms with van der Waals surface area (Å²) in [5.74, 6) is 0.753. The Labute approximate surface area is 148 Å². The average molecular weight is 353 g/mol. The first-order valence-corrected chi connectivity index (χ1v) is 9.67. The van der Waals surface area contributed by atoms with Gasteiger partial charge in [-0.05, 0) is 43.2 Å². The Morgan fingerprint density at radius 3 is 2.76 bits per heavy atom. The summed E-state index contributed by atoms with van der Waals surface area (Å²) in [5, 5.41) is 9.30. The molecule has 0 aromatic heterocycles. The van der Waals surface area contributed by atoms with Gasteiger partial charge in [-0.15, -0.1) is 0 Å². The largest absolute Gasteiger partial charge is 0.355 e. The Kier molecular flexibility index (Phi) is 4.60. The van der Waals surface area contributed by atoms with E-state index in [9.17, 15) is 13.7 Å². The van der Waals surface area contributed by atoms with Crippen LogP contribution in [0.1, 0.15) is 23.6 Å². The van der Waals surface area contributed by atoms with Crippen molar-refractivity contribution in [1.82, 2.24) is 4.90 Å². The van der Waals surface area contributed by atoms with Gasteiger partial charge in [0.25, 0.3) is 0 Å². The Morgan fingerprint density at radius 2 is 2.00 bits per heavy atom. The molecule has 3 rings (SSSR count). The molecule has 6 heteroatoms. The molecule has 2 aromatic carbocycles. The van der Waals surface area contributed by atoms with Gasteiger partial charge in [0.2, 0.25) is 0 Å². The van der Waals surface area contributed by atoms with Gasteiger partial charge < -0.3 is 4.90 Å². The molecule has 1 aliphatic rings. The SMILES string of the molecule is C/C(=N\c1ccc(C)cc1C#N)N1CCS(=O)(=O)c2ccccc2C1. The third-order valence-electron chi connectivity index (χ3n) is 4.31. The maximum absolute atomic E-state index is 12.4. The molecule has 5 nitrogen and oxygen atoms in total. The van der Waals surface area contributed by atoms with E-state index in [0.29, 0.717) is 35.1 Å². The lowest BCUT2D eigenvalue weighted by atomic mass is 10.1. The quantitative estimate of drug-likeness (QED) is 0.583. The average Bonchev–Trinajstić information content (AvgIpc) is 2.73. The molecule has 0 aliphatic carbocycles. The molecule has 0 bridgehead atoms. The first-order valence-electron chi connectivity index (χ1n) is 8.02. The Balaban J connectivity index is 1.97. The minimum absolute atomic E-state index is 0.0515. The third kappa shape index (κ3) is 3.57. The van der Waals surface area contributed by atoms with Crippen LogP contribution in [0.25, 0.3) is 0 Å². The summed E-state index contributed by atoms with van der Waals surface area (Å²) in [7, 11) is -3.29. The summed E-state index contributed by atoms with van der Waals surface area (Å²) < 4.78 is 24.9. The van der Waals surface area contributed by atoms with Crippen molar-refractivity contribution in [2.75, 3.05) is 12.3 Å². The molecule has 25 heavy (non-hydrogen) atoms. The Hall–Kier alpha value is -2.65. The zero-order chi connectivity index (χ0) is 18.0. The van der Waals surface area contributed by atoms with Gasteiger partial charge in [0, 0.05) is 13.1 Å². The first-order chi connectivity index (χ1) is 11.9. The molecule has 128 valence electrons. The summed E-state index contributed by atoms with van der Waals surface area (Å²) in [6, 6.07) is 14.8. The number of fused-ring (bicyclic) bond motifs is 1. The van der Waals surface area contributed by atoms with Crippen molar-refractivity contribution in [3.8, 4) is 6.07 Å². The van der Waals surface area contributed by atoms with Crippen molar-refractivity contribution >= 4 is 21.4 Å². The third-order valence-corrected chi connectivity index (χ3v) is 6.10. The van der Waals surface area contributed by atoms with Crippen LogP contribution in [0.4, 0.5) is 5.69 Å². The van der Waals surface area contributed by atoms with Gasteiger partial charge in [-0.3, -0.25) is 0 Å². The molecule has 0 saturated heterocycles. The predicted molar refractivity (Wildman–Crippen MR) is 97.6 cm³/mol. The molecule has 2 aromatic rings. The van der Waals surface area contributed by atoms with Crippen LogP contribution in [-0.4, -0.2) is 31.5 Å². The van der Waals surface area contributed by atoms with Gasteiger partial charge in [0.05, 0.1) is 21.9 Å². The molecule has 0 unspecified atom stereocenters. The van der Waals surface area contributed by atoms with E-state index in [1.165, 1.54) is 0 Å².